The molecule has 6 nitrogen and oxygen atoms in total. The second-order valence-corrected chi connectivity index (χ2v) is 6.05. The molecule has 2 N–H and O–H groups in total. The molecule has 144 valence electrons. The highest BCUT2D eigenvalue weighted by Crippen LogP contribution is 2.13. The van der Waals surface area contributed by atoms with E-state index in [4.69, 9.17) is 4.74 Å². The smallest absolute Gasteiger partial charge is 0.191 e. The van der Waals surface area contributed by atoms with Gasteiger partial charge in [-0.25, -0.2) is 4.39 Å². The van der Waals surface area contributed by atoms with Crippen molar-refractivity contribution >= 4 is 29.9 Å². The fourth-order valence-electron chi connectivity index (χ4n) is 2.34. The van der Waals surface area contributed by atoms with Crippen LogP contribution in [-0.4, -0.2) is 42.0 Å². The predicted molar refractivity (Wildman–Crippen MR) is 113 cm³/mol. The summed E-state index contributed by atoms with van der Waals surface area (Å²) >= 11 is 0. The molecule has 0 saturated carbocycles. The van der Waals surface area contributed by atoms with E-state index < -0.39 is 0 Å². The van der Waals surface area contributed by atoms with Gasteiger partial charge < -0.3 is 15.4 Å². The number of aromatic nitrogens is 2. The number of guanidine groups is 1. The maximum absolute atomic E-state index is 13.2. The molecule has 0 spiro atoms. The zero-order valence-electron chi connectivity index (χ0n) is 15.4. The van der Waals surface area contributed by atoms with Crippen molar-refractivity contribution in [2.45, 2.75) is 26.5 Å². The van der Waals surface area contributed by atoms with Crippen molar-refractivity contribution < 1.29 is 9.13 Å². The summed E-state index contributed by atoms with van der Waals surface area (Å²) in [6.45, 7) is 6.25. The Kier molecular flexibility index (Phi) is 10.0. The molecular formula is C18H27FIN5O. The highest BCUT2D eigenvalue weighted by Gasteiger charge is 2.08. The molecular weight excluding hydrogens is 448 g/mol. The molecule has 0 saturated heterocycles. The molecule has 26 heavy (non-hydrogen) atoms. The van der Waals surface area contributed by atoms with E-state index in [0.717, 1.165) is 13.1 Å². The van der Waals surface area contributed by atoms with Crippen molar-refractivity contribution in [1.82, 2.24) is 20.4 Å². The van der Waals surface area contributed by atoms with Crippen molar-refractivity contribution in [2.75, 3.05) is 20.1 Å². The molecule has 2 unspecified atom stereocenters. The molecule has 0 aliphatic heterocycles. The molecule has 1 heterocycles. The van der Waals surface area contributed by atoms with E-state index in [2.05, 4.69) is 27.6 Å². The van der Waals surface area contributed by atoms with Gasteiger partial charge in [-0.05, 0) is 31.0 Å². The molecule has 0 aliphatic rings. The first-order valence-corrected chi connectivity index (χ1v) is 8.41. The van der Waals surface area contributed by atoms with E-state index in [1.807, 2.05) is 23.9 Å². The molecule has 0 amide bonds. The normalized spacial score (nSPS) is 13.5. The van der Waals surface area contributed by atoms with Crippen LogP contribution in [0.3, 0.4) is 0 Å². The Bertz CT molecular complexity index is 665. The lowest BCUT2D eigenvalue weighted by Gasteiger charge is -2.19. The van der Waals surface area contributed by atoms with Gasteiger partial charge in [0.2, 0.25) is 0 Å². The molecule has 0 bridgehead atoms. The van der Waals surface area contributed by atoms with Gasteiger partial charge >= 0.3 is 0 Å². The minimum Gasteiger partial charge on any atom is -0.489 e. The van der Waals surface area contributed by atoms with Gasteiger partial charge in [0, 0.05) is 38.6 Å². The molecule has 0 fully saturated rings. The quantitative estimate of drug-likeness (QED) is 0.350. The molecule has 1 aromatic heterocycles. The van der Waals surface area contributed by atoms with Gasteiger partial charge in [-0.1, -0.05) is 13.0 Å². The molecule has 0 radical (unpaired) electrons. The van der Waals surface area contributed by atoms with Crippen LogP contribution in [0.1, 0.15) is 13.8 Å². The summed E-state index contributed by atoms with van der Waals surface area (Å²) in [5.74, 6) is 1.33. The summed E-state index contributed by atoms with van der Waals surface area (Å²) in [6.07, 6.45) is 3.61. The highest BCUT2D eigenvalue weighted by molar-refractivity contribution is 14.0. The summed E-state index contributed by atoms with van der Waals surface area (Å²) < 4.78 is 20.8. The van der Waals surface area contributed by atoms with Crippen LogP contribution < -0.4 is 15.4 Å². The summed E-state index contributed by atoms with van der Waals surface area (Å²) in [7, 11) is 1.73. The van der Waals surface area contributed by atoms with Crippen LogP contribution in [0.5, 0.6) is 5.75 Å². The predicted octanol–water partition coefficient (Wildman–Crippen LogP) is 2.91. The Hall–Kier alpha value is -1.84. The SMILES string of the molecule is CN=C(NCC(C)Cn1cccn1)NCC(C)Oc1cccc(F)c1.I. The third kappa shape index (κ3) is 8.03. The van der Waals surface area contributed by atoms with E-state index >= 15 is 0 Å². The van der Waals surface area contributed by atoms with Crippen LogP contribution in [-0.2, 0) is 6.54 Å². The molecule has 8 heteroatoms. The Balaban J connectivity index is 0.00000338. The third-order valence-corrected chi connectivity index (χ3v) is 3.59. The zero-order chi connectivity index (χ0) is 18.1. The van der Waals surface area contributed by atoms with E-state index in [1.165, 1.54) is 12.1 Å². The lowest BCUT2D eigenvalue weighted by Crippen LogP contribution is -2.43. The molecule has 2 rings (SSSR count). The minimum atomic E-state index is -0.304. The van der Waals surface area contributed by atoms with Gasteiger partial charge in [0.25, 0.3) is 0 Å². The number of rotatable bonds is 8. The third-order valence-electron chi connectivity index (χ3n) is 3.59. The number of hydrogen-bond donors (Lipinski definition) is 2. The van der Waals surface area contributed by atoms with Gasteiger partial charge in [-0.3, -0.25) is 9.67 Å². The van der Waals surface area contributed by atoms with Crippen LogP contribution >= 0.6 is 24.0 Å². The van der Waals surface area contributed by atoms with Crippen molar-refractivity contribution in [3.05, 3.63) is 48.5 Å². The van der Waals surface area contributed by atoms with E-state index in [0.29, 0.717) is 24.2 Å². The lowest BCUT2D eigenvalue weighted by atomic mass is 10.2. The van der Waals surface area contributed by atoms with Crippen LogP contribution in [0.15, 0.2) is 47.7 Å². The standard InChI is InChI=1S/C18H26FN5O.HI/c1-14(13-24-9-5-8-23-24)11-21-18(20-3)22-12-15(2)25-17-7-4-6-16(19)10-17;/h4-10,14-15H,11-13H2,1-3H3,(H2,20,21,22);1H. The summed E-state index contributed by atoms with van der Waals surface area (Å²) in [4.78, 5) is 4.21. The first-order valence-electron chi connectivity index (χ1n) is 8.41. The van der Waals surface area contributed by atoms with Crippen molar-refractivity contribution in [2.24, 2.45) is 10.9 Å². The van der Waals surface area contributed by atoms with E-state index in [1.54, 1.807) is 25.4 Å². The minimum absolute atomic E-state index is 0. The van der Waals surface area contributed by atoms with E-state index in [-0.39, 0.29) is 35.9 Å². The van der Waals surface area contributed by atoms with Crippen molar-refractivity contribution in [1.29, 1.82) is 0 Å². The van der Waals surface area contributed by atoms with Crippen LogP contribution in [0.4, 0.5) is 4.39 Å². The Morgan fingerprint density at radius 1 is 1.27 bits per heavy atom. The summed E-state index contributed by atoms with van der Waals surface area (Å²) in [5.41, 5.74) is 0. The first-order chi connectivity index (χ1) is 12.1. The molecule has 1 aromatic carbocycles. The average Bonchev–Trinajstić information content (AvgIpc) is 3.08. The van der Waals surface area contributed by atoms with Crippen molar-refractivity contribution in [3.63, 3.8) is 0 Å². The molecule has 2 aromatic rings. The number of hydrogen-bond acceptors (Lipinski definition) is 3. The molecule has 2 atom stereocenters. The number of nitrogens with zero attached hydrogens (tertiary/aromatic N) is 3. The maximum Gasteiger partial charge on any atom is 0.191 e. The fourth-order valence-corrected chi connectivity index (χ4v) is 2.34. The number of halogens is 2. The Labute approximate surface area is 171 Å². The fraction of sp³-hybridized carbons (Fsp3) is 0.444. The average molecular weight is 475 g/mol. The Morgan fingerprint density at radius 2 is 2.04 bits per heavy atom. The number of ether oxygens (including phenoxy) is 1. The second kappa shape index (κ2) is 11.7. The van der Waals surface area contributed by atoms with Crippen LogP contribution in [0.25, 0.3) is 0 Å². The van der Waals surface area contributed by atoms with Gasteiger partial charge in [-0.15, -0.1) is 24.0 Å². The monoisotopic (exact) mass is 475 g/mol. The topological polar surface area (TPSA) is 63.5 Å². The van der Waals surface area contributed by atoms with Gasteiger partial charge in [0.05, 0.1) is 6.54 Å². The van der Waals surface area contributed by atoms with Gasteiger partial charge in [0.15, 0.2) is 5.96 Å². The summed E-state index contributed by atoms with van der Waals surface area (Å²) in [6, 6.07) is 8.06. The lowest BCUT2D eigenvalue weighted by molar-refractivity contribution is 0.223. The van der Waals surface area contributed by atoms with Crippen molar-refractivity contribution in [3.8, 4) is 5.75 Å². The number of aliphatic imine (C=N–C) groups is 1. The second-order valence-electron chi connectivity index (χ2n) is 6.05. The number of benzene rings is 1. The van der Waals surface area contributed by atoms with Gasteiger partial charge in [0.1, 0.15) is 17.7 Å². The first kappa shape index (κ1) is 22.2. The van der Waals surface area contributed by atoms with E-state index in [9.17, 15) is 4.39 Å². The largest absolute Gasteiger partial charge is 0.489 e. The zero-order valence-corrected chi connectivity index (χ0v) is 17.7. The molecule has 0 aliphatic carbocycles. The van der Waals surface area contributed by atoms with Gasteiger partial charge in [-0.2, -0.15) is 5.10 Å². The van der Waals surface area contributed by atoms with Crippen LogP contribution in [0, 0.1) is 11.7 Å². The summed E-state index contributed by atoms with van der Waals surface area (Å²) in [5, 5.41) is 10.7. The highest BCUT2D eigenvalue weighted by atomic mass is 127. The number of nitrogens with one attached hydrogen (secondary N) is 2. The Morgan fingerprint density at radius 3 is 2.69 bits per heavy atom. The maximum atomic E-state index is 13.2. The van der Waals surface area contributed by atoms with Crippen LogP contribution in [0.2, 0.25) is 0 Å².